The summed E-state index contributed by atoms with van der Waals surface area (Å²) in [5.74, 6) is -1.14. The minimum atomic E-state index is -0.996. The zero-order valence-electron chi connectivity index (χ0n) is 11.7. The Kier molecular flexibility index (Phi) is 6.46. The molecule has 108 valence electrons. The first-order valence-corrected chi connectivity index (χ1v) is 6.33. The number of aliphatic carboxylic acids is 1. The number of benzene rings is 1. The van der Waals surface area contributed by atoms with Crippen molar-refractivity contribution in [2.24, 2.45) is 0 Å². The van der Waals surface area contributed by atoms with Gasteiger partial charge in [-0.15, -0.1) is 0 Å². The maximum Gasteiger partial charge on any atom is 0.328 e. The number of carbonyl (C=O) groups is 2. The first-order valence-electron chi connectivity index (χ1n) is 6.33. The first kappa shape index (κ1) is 15.9. The molecular formula is C15H19NO4. The summed E-state index contributed by atoms with van der Waals surface area (Å²) in [5.41, 5.74) is 2.20. The number of methoxy groups -OCH3 is 1. The SMILES string of the molecule is COCCCNC(=O)c1ccc(/C=C/C(=O)O)c(C)c1. The second-order valence-electron chi connectivity index (χ2n) is 4.35. The van der Waals surface area contributed by atoms with Crippen LogP contribution < -0.4 is 5.32 Å². The number of carboxylic acids is 1. The van der Waals surface area contributed by atoms with E-state index in [1.54, 1.807) is 25.3 Å². The van der Waals surface area contributed by atoms with Crippen molar-refractivity contribution in [2.75, 3.05) is 20.3 Å². The molecule has 1 aromatic rings. The van der Waals surface area contributed by atoms with Crippen LogP contribution in [0.3, 0.4) is 0 Å². The molecule has 0 aromatic heterocycles. The average Bonchev–Trinajstić information content (AvgIpc) is 2.41. The molecule has 0 saturated carbocycles. The molecule has 0 saturated heterocycles. The Balaban J connectivity index is 2.66. The summed E-state index contributed by atoms with van der Waals surface area (Å²) in [4.78, 5) is 22.3. The van der Waals surface area contributed by atoms with Gasteiger partial charge < -0.3 is 15.2 Å². The molecule has 5 nitrogen and oxygen atoms in total. The summed E-state index contributed by atoms with van der Waals surface area (Å²) >= 11 is 0. The second kappa shape index (κ2) is 8.12. The lowest BCUT2D eigenvalue weighted by molar-refractivity contribution is -0.131. The number of carboxylic acid groups (broad SMARTS) is 1. The van der Waals surface area contributed by atoms with E-state index in [0.717, 1.165) is 23.6 Å². The predicted molar refractivity (Wildman–Crippen MR) is 76.7 cm³/mol. The molecule has 1 amide bonds. The molecule has 0 spiro atoms. The first-order chi connectivity index (χ1) is 9.54. The van der Waals surface area contributed by atoms with Gasteiger partial charge in [-0.1, -0.05) is 6.07 Å². The molecule has 0 atom stereocenters. The van der Waals surface area contributed by atoms with Gasteiger partial charge in [0.05, 0.1) is 0 Å². The van der Waals surface area contributed by atoms with Crippen molar-refractivity contribution in [1.82, 2.24) is 5.32 Å². The van der Waals surface area contributed by atoms with Crippen LogP contribution in [0.15, 0.2) is 24.3 Å². The maximum absolute atomic E-state index is 11.9. The Bertz CT molecular complexity index is 509. The van der Waals surface area contributed by atoms with Gasteiger partial charge in [-0.3, -0.25) is 4.79 Å². The van der Waals surface area contributed by atoms with Crippen molar-refractivity contribution >= 4 is 18.0 Å². The lowest BCUT2D eigenvalue weighted by Gasteiger charge is -2.07. The quantitative estimate of drug-likeness (QED) is 0.589. The van der Waals surface area contributed by atoms with Crippen LogP contribution in [0.2, 0.25) is 0 Å². The maximum atomic E-state index is 11.9. The van der Waals surface area contributed by atoms with E-state index in [0.29, 0.717) is 18.7 Å². The zero-order valence-corrected chi connectivity index (χ0v) is 11.7. The third kappa shape index (κ3) is 5.24. The van der Waals surface area contributed by atoms with Crippen LogP contribution >= 0.6 is 0 Å². The van der Waals surface area contributed by atoms with Gasteiger partial charge in [0.25, 0.3) is 5.91 Å². The van der Waals surface area contributed by atoms with E-state index < -0.39 is 5.97 Å². The lowest BCUT2D eigenvalue weighted by Crippen LogP contribution is -2.25. The highest BCUT2D eigenvalue weighted by molar-refractivity contribution is 5.95. The average molecular weight is 277 g/mol. The van der Waals surface area contributed by atoms with Crippen LogP contribution in [-0.4, -0.2) is 37.2 Å². The fourth-order valence-electron chi connectivity index (χ4n) is 1.69. The molecule has 20 heavy (non-hydrogen) atoms. The highest BCUT2D eigenvalue weighted by Gasteiger charge is 2.06. The molecule has 5 heteroatoms. The molecule has 1 rings (SSSR count). The molecule has 0 fully saturated rings. The van der Waals surface area contributed by atoms with Gasteiger partial charge in [-0.2, -0.15) is 0 Å². The van der Waals surface area contributed by atoms with Gasteiger partial charge in [0, 0.05) is 31.9 Å². The fourth-order valence-corrected chi connectivity index (χ4v) is 1.69. The molecule has 0 aliphatic rings. The van der Waals surface area contributed by atoms with Crippen molar-refractivity contribution < 1.29 is 19.4 Å². The minimum absolute atomic E-state index is 0.141. The number of nitrogens with one attached hydrogen (secondary N) is 1. The smallest absolute Gasteiger partial charge is 0.328 e. The zero-order chi connectivity index (χ0) is 15.0. The number of ether oxygens (including phenoxy) is 1. The van der Waals surface area contributed by atoms with Gasteiger partial charge in [0.15, 0.2) is 0 Å². The highest BCUT2D eigenvalue weighted by Crippen LogP contribution is 2.13. The molecule has 2 N–H and O–H groups in total. The monoisotopic (exact) mass is 277 g/mol. The third-order valence-electron chi connectivity index (χ3n) is 2.75. The second-order valence-corrected chi connectivity index (χ2v) is 4.35. The topological polar surface area (TPSA) is 75.6 Å². The Morgan fingerprint density at radius 1 is 1.40 bits per heavy atom. The fraction of sp³-hybridized carbons (Fsp3) is 0.333. The Morgan fingerprint density at radius 3 is 2.75 bits per heavy atom. The van der Waals surface area contributed by atoms with Crippen LogP contribution in [0, 0.1) is 6.92 Å². The van der Waals surface area contributed by atoms with Crippen LogP contribution in [-0.2, 0) is 9.53 Å². The lowest BCUT2D eigenvalue weighted by atomic mass is 10.0. The van der Waals surface area contributed by atoms with E-state index in [-0.39, 0.29) is 5.91 Å². The summed E-state index contributed by atoms with van der Waals surface area (Å²) < 4.78 is 4.90. The van der Waals surface area contributed by atoms with E-state index >= 15 is 0 Å². The summed E-state index contributed by atoms with van der Waals surface area (Å²) in [7, 11) is 1.62. The predicted octanol–water partition coefficient (Wildman–Crippen LogP) is 1.86. The van der Waals surface area contributed by atoms with Crippen molar-refractivity contribution in [1.29, 1.82) is 0 Å². The number of amides is 1. The molecule has 0 aliphatic carbocycles. The van der Waals surface area contributed by atoms with Gasteiger partial charge in [0.1, 0.15) is 0 Å². The van der Waals surface area contributed by atoms with Gasteiger partial charge in [0.2, 0.25) is 0 Å². The molecule has 0 aliphatic heterocycles. The molecule has 0 unspecified atom stereocenters. The summed E-state index contributed by atoms with van der Waals surface area (Å²) in [6.45, 7) is 3.01. The molecule has 1 aromatic carbocycles. The van der Waals surface area contributed by atoms with Crippen LogP contribution in [0.5, 0.6) is 0 Å². The van der Waals surface area contributed by atoms with E-state index in [1.165, 1.54) is 6.08 Å². The van der Waals surface area contributed by atoms with Crippen LogP contribution in [0.4, 0.5) is 0 Å². The number of hydrogen-bond donors (Lipinski definition) is 2. The summed E-state index contributed by atoms with van der Waals surface area (Å²) in [6.07, 6.45) is 3.35. The molecular weight excluding hydrogens is 258 g/mol. The normalized spacial score (nSPS) is 10.7. The number of rotatable bonds is 7. The van der Waals surface area contributed by atoms with E-state index in [2.05, 4.69) is 5.32 Å². The van der Waals surface area contributed by atoms with Crippen molar-refractivity contribution in [2.45, 2.75) is 13.3 Å². The minimum Gasteiger partial charge on any atom is -0.478 e. The van der Waals surface area contributed by atoms with Gasteiger partial charge in [-0.25, -0.2) is 4.79 Å². The van der Waals surface area contributed by atoms with Gasteiger partial charge >= 0.3 is 5.97 Å². The van der Waals surface area contributed by atoms with Crippen molar-refractivity contribution in [3.63, 3.8) is 0 Å². The highest BCUT2D eigenvalue weighted by atomic mass is 16.5. The van der Waals surface area contributed by atoms with Crippen LogP contribution in [0.1, 0.15) is 27.9 Å². The van der Waals surface area contributed by atoms with Crippen molar-refractivity contribution in [3.05, 3.63) is 41.0 Å². The van der Waals surface area contributed by atoms with Gasteiger partial charge in [-0.05, 0) is 42.7 Å². The molecule has 0 bridgehead atoms. The largest absolute Gasteiger partial charge is 0.478 e. The Labute approximate surface area is 118 Å². The Morgan fingerprint density at radius 2 is 2.15 bits per heavy atom. The number of aryl methyl sites for hydroxylation is 1. The standard InChI is InChI=1S/C15H19NO4/c1-11-10-13(15(19)16-8-3-9-20-2)5-4-12(11)6-7-14(17)18/h4-7,10H,3,8-9H2,1-2H3,(H,16,19)(H,17,18)/b7-6+. The van der Waals surface area contributed by atoms with E-state index in [4.69, 9.17) is 9.84 Å². The van der Waals surface area contributed by atoms with Crippen LogP contribution in [0.25, 0.3) is 6.08 Å². The van der Waals surface area contributed by atoms with E-state index in [1.807, 2.05) is 6.92 Å². The molecule has 0 radical (unpaired) electrons. The third-order valence-corrected chi connectivity index (χ3v) is 2.75. The van der Waals surface area contributed by atoms with Crippen molar-refractivity contribution in [3.8, 4) is 0 Å². The summed E-state index contributed by atoms with van der Waals surface area (Å²) in [5, 5.41) is 11.4. The Hall–Kier alpha value is -2.14. The number of carbonyl (C=O) groups excluding carboxylic acids is 1. The molecule has 0 heterocycles. The summed E-state index contributed by atoms with van der Waals surface area (Å²) in [6, 6.07) is 5.16. The van der Waals surface area contributed by atoms with E-state index in [9.17, 15) is 9.59 Å². The number of hydrogen-bond acceptors (Lipinski definition) is 3.